The molecule has 0 saturated carbocycles. The number of nitrogens with zero attached hydrogens (tertiary/aromatic N) is 3. The number of benzene rings is 2. The molecule has 3 aliphatic heterocycles. The van der Waals surface area contributed by atoms with Gasteiger partial charge in [0.2, 0.25) is 0 Å². The summed E-state index contributed by atoms with van der Waals surface area (Å²) in [6.07, 6.45) is 5.19. The molecule has 0 spiro atoms. The number of hydrogen-bond acceptors (Lipinski definition) is 6. The summed E-state index contributed by atoms with van der Waals surface area (Å²) in [5.41, 5.74) is 11.6. The molecule has 3 aliphatic rings. The van der Waals surface area contributed by atoms with E-state index in [2.05, 4.69) is 64.1 Å². The van der Waals surface area contributed by atoms with Crippen molar-refractivity contribution in [2.75, 3.05) is 0 Å². The maximum atomic E-state index is 13.9. The fourth-order valence-electron chi connectivity index (χ4n) is 4.11. The molecule has 5 nitrogen and oxygen atoms in total. The normalized spacial score (nSPS) is 24.9. The standard InChI is InChI=1S/C22H24FN5S/c1-14-7-8-16(11-15(14)2)19-12-20-21-24-25-22(27(21)9-10-28(20)26-19)29-13-17-5-3-4-6-18(17)23/h3-11,19-21,24,26H,12-13H2,1-2H3. The molecule has 0 aliphatic carbocycles. The quantitative estimate of drug-likeness (QED) is 0.803. The van der Waals surface area contributed by atoms with E-state index in [0.29, 0.717) is 11.3 Å². The lowest BCUT2D eigenvalue weighted by molar-refractivity contribution is 0.152. The monoisotopic (exact) mass is 409 g/mol. The fourth-order valence-corrected chi connectivity index (χ4v) is 5.07. The van der Waals surface area contributed by atoms with Gasteiger partial charge in [-0.15, -0.1) is 0 Å². The SMILES string of the molecule is Cc1ccc(C2CC3C4NN=C(SCc5ccccc5F)N4C=CN3N2)cc1C. The Morgan fingerprint density at radius 1 is 1.14 bits per heavy atom. The summed E-state index contributed by atoms with van der Waals surface area (Å²) in [5, 5.41) is 7.60. The van der Waals surface area contributed by atoms with E-state index in [0.717, 1.165) is 11.6 Å². The molecule has 1 fully saturated rings. The summed E-state index contributed by atoms with van der Waals surface area (Å²) in [7, 11) is 0. The van der Waals surface area contributed by atoms with Crippen molar-refractivity contribution in [2.24, 2.45) is 5.10 Å². The summed E-state index contributed by atoms with van der Waals surface area (Å²) < 4.78 is 13.9. The zero-order chi connectivity index (χ0) is 20.0. The summed E-state index contributed by atoms with van der Waals surface area (Å²) >= 11 is 1.56. The molecule has 29 heavy (non-hydrogen) atoms. The second-order valence-corrected chi connectivity index (χ2v) is 8.73. The molecule has 2 N–H and O–H groups in total. The Morgan fingerprint density at radius 2 is 2.00 bits per heavy atom. The number of halogens is 1. The maximum absolute atomic E-state index is 13.9. The summed E-state index contributed by atoms with van der Waals surface area (Å²) in [4.78, 5) is 2.16. The highest BCUT2D eigenvalue weighted by Crippen LogP contribution is 2.36. The van der Waals surface area contributed by atoms with Crippen LogP contribution < -0.4 is 10.9 Å². The number of hydrazine groups is 1. The van der Waals surface area contributed by atoms with Crippen LogP contribution in [0.5, 0.6) is 0 Å². The third-order valence-electron chi connectivity index (χ3n) is 5.95. The zero-order valence-corrected chi connectivity index (χ0v) is 17.3. The van der Waals surface area contributed by atoms with E-state index < -0.39 is 0 Å². The van der Waals surface area contributed by atoms with E-state index >= 15 is 0 Å². The first-order valence-electron chi connectivity index (χ1n) is 9.88. The van der Waals surface area contributed by atoms with Crippen LogP contribution in [0.2, 0.25) is 0 Å². The second-order valence-electron chi connectivity index (χ2n) is 7.79. The summed E-state index contributed by atoms with van der Waals surface area (Å²) in [6, 6.07) is 14.1. The van der Waals surface area contributed by atoms with Crippen molar-refractivity contribution in [1.82, 2.24) is 20.8 Å². The number of hydrogen-bond donors (Lipinski definition) is 2. The number of aryl methyl sites for hydroxylation is 2. The van der Waals surface area contributed by atoms with Crippen LogP contribution in [0.25, 0.3) is 0 Å². The van der Waals surface area contributed by atoms with Crippen LogP contribution in [0.3, 0.4) is 0 Å². The largest absolute Gasteiger partial charge is 0.306 e. The van der Waals surface area contributed by atoms with Crippen molar-refractivity contribution in [3.63, 3.8) is 0 Å². The predicted molar refractivity (Wildman–Crippen MR) is 115 cm³/mol. The first-order valence-corrected chi connectivity index (χ1v) is 10.9. The van der Waals surface area contributed by atoms with Crippen LogP contribution in [-0.4, -0.2) is 27.3 Å². The third kappa shape index (κ3) is 3.38. The van der Waals surface area contributed by atoms with Gasteiger partial charge in [0.1, 0.15) is 12.0 Å². The van der Waals surface area contributed by atoms with E-state index in [1.807, 2.05) is 18.3 Å². The summed E-state index contributed by atoms with van der Waals surface area (Å²) in [5.74, 6) is 0.391. The van der Waals surface area contributed by atoms with E-state index in [4.69, 9.17) is 0 Å². The molecule has 150 valence electrons. The van der Waals surface area contributed by atoms with Gasteiger partial charge in [-0.2, -0.15) is 5.10 Å². The van der Waals surface area contributed by atoms with E-state index in [9.17, 15) is 4.39 Å². The lowest BCUT2D eigenvalue weighted by atomic mass is 9.97. The van der Waals surface area contributed by atoms with E-state index in [1.165, 1.54) is 22.8 Å². The Bertz CT molecular complexity index is 991. The Morgan fingerprint density at radius 3 is 2.83 bits per heavy atom. The van der Waals surface area contributed by atoms with Crippen molar-refractivity contribution < 1.29 is 4.39 Å². The average molecular weight is 410 g/mol. The Balaban J connectivity index is 1.27. The first kappa shape index (κ1) is 18.5. The van der Waals surface area contributed by atoms with Gasteiger partial charge in [0.25, 0.3) is 0 Å². The lowest BCUT2D eigenvalue weighted by Gasteiger charge is -2.36. The van der Waals surface area contributed by atoms with Crippen LogP contribution in [0, 0.1) is 19.7 Å². The minimum absolute atomic E-state index is 0.0761. The number of nitrogens with one attached hydrogen (secondary N) is 2. The molecular weight excluding hydrogens is 385 g/mol. The first-order chi connectivity index (χ1) is 14.1. The molecule has 3 atom stereocenters. The number of hydrazone groups is 1. The summed E-state index contributed by atoms with van der Waals surface area (Å²) in [6.45, 7) is 4.31. The molecule has 0 amide bonds. The molecule has 2 aromatic rings. The molecule has 7 heteroatoms. The molecule has 3 unspecified atom stereocenters. The average Bonchev–Trinajstić information content (AvgIpc) is 3.33. The van der Waals surface area contributed by atoms with Crippen molar-refractivity contribution >= 4 is 16.9 Å². The Labute approximate surface area is 174 Å². The minimum Gasteiger partial charge on any atom is -0.306 e. The van der Waals surface area contributed by atoms with Crippen molar-refractivity contribution in [2.45, 2.75) is 44.3 Å². The van der Waals surface area contributed by atoms with Gasteiger partial charge in [0.15, 0.2) is 5.17 Å². The topological polar surface area (TPSA) is 42.9 Å². The second kappa shape index (κ2) is 7.39. The maximum Gasteiger partial charge on any atom is 0.189 e. The van der Waals surface area contributed by atoms with Crippen LogP contribution in [-0.2, 0) is 5.75 Å². The molecule has 0 radical (unpaired) electrons. The van der Waals surface area contributed by atoms with Gasteiger partial charge in [-0.25, -0.2) is 9.82 Å². The number of amidine groups is 1. The predicted octanol–water partition coefficient (Wildman–Crippen LogP) is 3.98. The van der Waals surface area contributed by atoms with Crippen molar-refractivity contribution in [3.05, 3.63) is 82.9 Å². The molecule has 0 bridgehead atoms. The molecule has 0 aromatic heterocycles. The van der Waals surface area contributed by atoms with Crippen molar-refractivity contribution in [3.8, 4) is 0 Å². The van der Waals surface area contributed by atoms with Gasteiger partial charge in [-0.05, 0) is 48.6 Å². The molecule has 5 rings (SSSR count). The molecule has 3 heterocycles. The van der Waals surface area contributed by atoms with Crippen LogP contribution >= 0.6 is 11.8 Å². The van der Waals surface area contributed by atoms with Crippen molar-refractivity contribution in [1.29, 1.82) is 0 Å². The van der Waals surface area contributed by atoms with Crippen LogP contribution in [0.15, 0.2) is 60.0 Å². The van der Waals surface area contributed by atoms with Crippen LogP contribution in [0.1, 0.15) is 34.7 Å². The minimum atomic E-state index is -0.167. The number of thioether (sulfide) groups is 1. The highest BCUT2D eigenvalue weighted by Gasteiger charge is 2.44. The smallest absolute Gasteiger partial charge is 0.189 e. The molecule has 1 saturated heterocycles. The Hall–Kier alpha value is -2.51. The third-order valence-corrected chi connectivity index (χ3v) is 6.97. The van der Waals surface area contributed by atoms with Gasteiger partial charge in [-0.3, -0.25) is 5.43 Å². The lowest BCUT2D eigenvalue weighted by Crippen LogP contribution is -2.54. The zero-order valence-electron chi connectivity index (χ0n) is 16.5. The van der Waals surface area contributed by atoms with Gasteiger partial charge >= 0.3 is 0 Å². The van der Waals surface area contributed by atoms with E-state index in [1.54, 1.807) is 17.8 Å². The number of fused-ring (bicyclic) bond motifs is 3. The van der Waals surface area contributed by atoms with Gasteiger partial charge in [0, 0.05) is 18.2 Å². The molecular formula is C22H24FN5S. The van der Waals surface area contributed by atoms with Gasteiger partial charge in [0.05, 0.1) is 12.1 Å². The highest BCUT2D eigenvalue weighted by molar-refractivity contribution is 8.13. The molecule has 2 aromatic carbocycles. The van der Waals surface area contributed by atoms with Crippen LogP contribution in [0.4, 0.5) is 4.39 Å². The number of rotatable bonds is 3. The van der Waals surface area contributed by atoms with Gasteiger partial charge < -0.3 is 9.91 Å². The highest BCUT2D eigenvalue weighted by atomic mass is 32.2. The van der Waals surface area contributed by atoms with Gasteiger partial charge in [-0.1, -0.05) is 48.2 Å². The van der Waals surface area contributed by atoms with E-state index in [-0.39, 0.29) is 24.1 Å². The Kier molecular flexibility index (Phi) is 4.72. The fraction of sp³-hybridized carbons (Fsp3) is 0.318.